The minimum absolute atomic E-state index is 0.544. The Kier molecular flexibility index (Phi) is 5.57. The minimum Gasteiger partial charge on any atom is -0.343 e. The van der Waals surface area contributed by atoms with Gasteiger partial charge in [0.05, 0.1) is 11.2 Å². The molecule has 3 heteroatoms. The third kappa shape index (κ3) is 3.76. The van der Waals surface area contributed by atoms with Crippen LogP contribution < -0.4 is 0 Å². The fourth-order valence-electron chi connectivity index (χ4n) is 5.26. The molecular formula is C30H33N3. The molecule has 2 heterocycles. The highest BCUT2D eigenvalue weighted by Crippen LogP contribution is 2.39. The van der Waals surface area contributed by atoms with Crippen LogP contribution in [0.2, 0.25) is 0 Å². The molecule has 0 fully saturated rings. The molecule has 2 aromatic heterocycles. The van der Waals surface area contributed by atoms with E-state index in [0.717, 1.165) is 24.2 Å². The number of imidazole rings is 1. The van der Waals surface area contributed by atoms with Crippen LogP contribution in [-0.4, -0.2) is 14.1 Å². The Hall–Kier alpha value is -3.33. The van der Waals surface area contributed by atoms with Crippen LogP contribution in [0, 0.1) is 11.8 Å². The summed E-state index contributed by atoms with van der Waals surface area (Å²) in [5.41, 5.74) is 7.92. The highest BCUT2D eigenvalue weighted by atomic mass is 15.1. The van der Waals surface area contributed by atoms with Crippen LogP contribution in [0.4, 0.5) is 0 Å². The lowest BCUT2D eigenvalue weighted by molar-refractivity contribution is 0.633. The fraction of sp³-hybridized carbons (Fsp3) is 0.300. The van der Waals surface area contributed by atoms with Crippen LogP contribution in [0.3, 0.4) is 0 Å². The average Bonchev–Trinajstić information content (AvgIpc) is 3.37. The van der Waals surface area contributed by atoms with Gasteiger partial charge < -0.3 is 4.57 Å². The van der Waals surface area contributed by atoms with Gasteiger partial charge >= 0.3 is 0 Å². The number of fused-ring (bicyclic) bond motifs is 3. The van der Waals surface area contributed by atoms with E-state index < -0.39 is 0 Å². The summed E-state index contributed by atoms with van der Waals surface area (Å²) in [5.74, 6) is 2.11. The number of aromatic nitrogens is 3. The maximum absolute atomic E-state index is 4.80. The zero-order valence-electron chi connectivity index (χ0n) is 20.3. The molecule has 0 atom stereocenters. The molecule has 0 aliphatic heterocycles. The standard InChI is InChI=1S/C30H33N3/c1-20(2)17-23-19-25-24-13-9-10-14-27(24)32(5)29(25)26(18-21(3)4)28(23)33-16-15-31-30(33)22-11-7-6-8-12-22/h6-16,19-21H,17-18H2,1-5H3. The summed E-state index contributed by atoms with van der Waals surface area (Å²) in [4.78, 5) is 4.80. The first kappa shape index (κ1) is 21.5. The van der Waals surface area contributed by atoms with Gasteiger partial charge in [-0.1, -0.05) is 76.2 Å². The van der Waals surface area contributed by atoms with E-state index in [-0.39, 0.29) is 0 Å². The molecule has 0 aliphatic carbocycles. The SMILES string of the molecule is CC(C)Cc1cc2c3ccccc3n(C)c2c(CC(C)C)c1-n1ccnc1-c1ccccc1. The van der Waals surface area contributed by atoms with Gasteiger partial charge in [-0.3, -0.25) is 4.57 Å². The molecule has 168 valence electrons. The third-order valence-electron chi connectivity index (χ3n) is 6.49. The smallest absolute Gasteiger partial charge is 0.144 e. The summed E-state index contributed by atoms with van der Waals surface area (Å²) in [6.45, 7) is 9.26. The number of para-hydroxylation sites is 1. The quantitative estimate of drug-likeness (QED) is 0.269. The van der Waals surface area contributed by atoms with Crippen LogP contribution in [0.15, 0.2) is 73.1 Å². The summed E-state index contributed by atoms with van der Waals surface area (Å²) in [6, 6.07) is 21.8. The maximum Gasteiger partial charge on any atom is 0.144 e. The van der Waals surface area contributed by atoms with Crippen LogP contribution in [0.25, 0.3) is 38.9 Å². The van der Waals surface area contributed by atoms with E-state index in [4.69, 9.17) is 4.98 Å². The van der Waals surface area contributed by atoms with Crippen LogP contribution >= 0.6 is 0 Å². The van der Waals surface area contributed by atoms with Gasteiger partial charge in [0.25, 0.3) is 0 Å². The molecule has 0 saturated heterocycles. The summed E-state index contributed by atoms with van der Waals surface area (Å²) in [7, 11) is 2.21. The molecule has 3 nitrogen and oxygen atoms in total. The van der Waals surface area contributed by atoms with Crippen molar-refractivity contribution in [2.45, 2.75) is 40.5 Å². The van der Waals surface area contributed by atoms with E-state index in [2.05, 4.69) is 111 Å². The van der Waals surface area contributed by atoms with Gasteiger partial charge in [-0.15, -0.1) is 0 Å². The lowest BCUT2D eigenvalue weighted by Gasteiger charge is -2.22. The normalized spacial score (nSPS) is 12.0. The van der Waals surface area contributed by atoms with Crippen LogP contribution in [0.1, 0.15) is 38.8 Å². The molecule has 0 amide bonds. The molecule has 33 heavy (non-hydrogen) atoms. The van der Waals surface area contributed by atoms with Crippen molar-refractivity contribution in [3.8, 4) is 17.1 Å². The Bertz CT molecular complexity index is 1420. The topological polar surface area (TPSA) is 22.8 Å². The molecule has 0 N–H and O–H groups in total. The Morgan fingerprint density at radius 1 is 0.818 bits per heavy atom. The highest BCUT2D eigenvalue weighted by Gasteiger charge is 2.23. The number of aryl methyl sites for hydroxylation is 1. The van der Waals surface area contributed by atoms with E-state index in [1.165, 1.54) is 38.6 Å². The molecule has 0 aliphatic rings. The average molecular weight is 436 g/mol. The first-order valence-electron chi connectivity index (χ1n) is 12.1. The monoisotopic (exact) mass is 435 g/mol. The van der Waals surface area contributed by atoms with Gasteiger partial charge in [-0.25, -0.2) is 4.98 Å². The van der Waals surface area contributed by atoms with Crippen molar-refractivity contribution in [3.63, 3.8) is 0 Å². The van der Waals surface area contributed by atoms with Crippen molar-refractivity contribution in [2.24, 2.45) is 18.9 Å². The predicted octanol–water partition coefficient (Wildman–Crippen LogP) is 7.58. The van der Waals surface area contributed by atoms with E-state index in [9.17, 15) is 0 Å². The van der Waals surface area contributed by atoms with E-state index in [1.807, 2.05) is 6.20 Å². The summed E-state index contributed by atoms with van der Waals surface area (Å²) in [5, 5.41) is 2.70. The predicted molar refractivity (Wildman–Crippen MR) is 140 cm³/mol. The van der Waals surface area contributed by atoms with Gasteiger partial charge in [0.15, 0.2) is 0 Å². The number of hydrogen-bond donors (Lipinski definition) is 0. The zero-order chi connectivity index (χ0) is 23.1. The van der Waals surface area contributed by atoms with Crippen molar-refractivity contribution >= 4 is 21.8 Å². The molecular weight excluding hydrogens is 402 g/mol. The van der Waals surface area contributed by atoms with Gasteiger partial charge in [-0.2, -0.15) is 0 Å². The number of hydrogen-bond acceptors (Lipinski definition) is 1. The van der Waals surface area contributed by atoms with Gasteiger partial charge in [0.2, 0.25) is 0 Å². The molecule has 5 rings (SSSR count). The molecule has 0 saturated carbocycles. The van der Waals surface area contributed by atoms with E-state index >= 15 is 0 Å². The molecule has 0 bridgehead atoms. The van der Waals surface area contributed by atoms with E-state index in [1.54, 1.807) is 0 Å². The van der Waals surface area contributed by atoms with Gasteiger partial charge in [-0.05, 0) is 42.4 Å². The van der Waals surface area contributed by atoms with E-state index in [0.29, 0.717) is 11.8 Å². The Morgan fingerprint density at radius 3 is 2.24 bits per heavy atom. The Labute approximate surface area is 196 Å². The van der Waals surface area contributed by atoms with Crippen molar-refractivity contribution < 1.29 is 0 Å². The lowest BCUT2D eigenvalue weighted by atomic mass is 9.91. The number of benzene rings is 3. The summed E-state index contributed by atoms with van der Waals surface area (Å²) >= 11 is 0. The maximum atomic E-state index is 4.80. The lowest BCUT2D eigenvalue weighted by Crippen LogP contribution is -2.11. The minimum atomic E-state index is 0.544. The third-order valence-corrected chi connectivity index (χ3v) is 6.49. The zero-order valence-corrected chi connectivity index (χ0v) is 20.3. The first-order chi connectivity index (χ1) is 16.0. The molecule has 0 radical (unpaired) electrons. The Balaban J connectivity index is 1.91. The summed E-state index contributed by atoms with van der Waals surface area (Å²) in [6.07, 6.45) is 6.13. The molecule has 5 aromatic rings. The fourth-order valence-corrected chi connectivity index (χ4v) is 5.26. The second-order valence-electron chi connectivity index (χ2n) is 10.0. The van der Waals surface area contributed by atoms with Gasteiger partial charge in [0, 0.05) is 46.9 Å². The molecule has 0 spiro atoms. The molecule has 0 unspecified atom stereocenters. The molecule has 3 aromatic carbocycles. The van der Waals surface area contributed by atoms with Crippen molar-refractivity contribution in [1.29, 1.82) is 0 Å². The van der Waals surface area contributed by atoms with Crippen molar-refractivity contribution in [2.75, 3.05) is 0 Å². The van der Waals surface area contributed by atoms with Crippen molar-refractivity contribution in [3.05, 3.63) is 84.2 Å². The second-order valence-corrected chi connectivity index (χ2v) is 10.0. The second kappa shape index (κ2) is 8.55. The van der Waals surface area contributed by atoms with Crippen LogP contribution in [0.5, 0.6) is 0 Å². The number of rotatable bonds is 6. The van der Waals surface area contributed by atoms with Crippen molar-refractivity contribution in [1.82, 2.24) is 14.1 Å². The Morgan fingerprint density at radius 2 is 1.52 bits per heavy atom. The largest absolute Gasteiger partial charge is 0.343 e. The summed E-state index contributed by atoms with van der Waals surface area (Å²) < 4.78 is 4.73. The van der Waals surface area contributed by atoms with Crippen LogP contribution in [-0.2, 0) is 19.9 Å². The van der Waals surface area contributed by atoms with Gasteiger partial charge in [0.1, 0.15) is 5.82 Å². The highest BCUT2D eigenvalue weighted by molar-refractivity contribution is 6.10. The first-order valence-corrected chi connectivity index (χ1v) is 12.1. The number of nitrogens with zero attached hydrogens (tertiary/aromatic N) is 3.